The average molecular weight is 220 g/mol. The molecule has 4 N–H and O–H groups in total. The van der Waals surface area contributed by atoms with E-state index in [0.29, 0.717) is 0 Å². The summed E-state index contributed by atoms with van der Waals surface area (Å²) in [6.45, 7) is 0. The molecule has 2 aromatic rings. The van der Waals surface area contributed by atoms with Crippen LogP contribution in [0, 0.1) is 10.1 Å². The number of nitro benzene ring substituents is 1. The van der Waals surface area contributed by atoms with Gasteiger partial charge in [0.15, 0.2) is 0 Å². The summed E-state index contributed by atoms with van der Waals surface area (Å²) in [7, 11) is 0. The van der Waals surface area contributed by atoms with Gasteiger partial charge in [0.1, 0.15) is 5.69 Å². The highest BCUT2D eigenvalue weighted by atomic mass is 16.6. The maximum absolute atomic E-state index is 10.8. The van der Waals surface area contributed by atoms with Crippen LogP contribution in [0.4, 0.5) is 17.6 Å². The first-order valence-electron chi connectivity index (χ1n) is 4.31. The smallest absolute Gasteiger partial charge is 0.295 e. The molecule has 0 amide bonds. The van der Waals surface area contributed by atoms with Crippen LogP contribution in [-0.2, 0) is 0 Å². The fraction of sp³-hybridized carbons (Fsp3) is 0. The van der Waals surface area contributed by atoms with Gasteiger partial charge in [-0.1, -0.05) is 12.1 Å². The number of nitrogen functional groups attached to an aromatic ring is 2. The fourth-order valence-electron chi connectivity index (χ4n) is 1.32. The average Bonchev–Trinajstić information content (AvgIpc) is 2.57. The fourth-order valence-corrected chi connectivity index (χ4v) is 1.32. The third kappa shape index (κ3) is 1.52. The van der Waals surface area contributed by atoms with E-state index in [0.717, 1.165) is 4.68 Å². The molecule has 0 bridgehead atoms. The number of rotatable bonds is 2. The molecule has 0 radical (unpaired) electrons. The first kappa shape index (κ1) is 9.90. The molecule has 0 aliphatic carbocycles. The Hall–Kier alpha value is -2.64. The number of hydrogen-bond donors (Lipinski definition) is 2. The van der Waals surface area contributed by atoms with Gasteiger partial charge in [-0.15, -0.1) is 5.10 Å². The highest BCUT2D eigenvalue weighted by Gasteiger charge is 2.17. The third-order valence-electron chi connectivity index (χ3n) is 1.96. The minimum atomic E-state index is -0.521. The standard InChI is InChI=1S/C8H8N6O2/c9-7-11-8(10)13(12-7)5-3-1-2-4-6(5)14(15)16/h1-4H,(H4,9,10,11,12). The summed E-state index contributed by atoms with van der Waals surface area (Å²) in [5.41, 5.74) is 11.0. The van der Waals surface area contributed by atoms with E-state index in [9.17, 15) is 10.1 Å². The molecular formula is C8H8N6O2. The van der Waals surface area contributed by atoms with Gasteiger partial charge in [-0.05, 0) is 6.07 Å². The van der Waals surface area contributed by atoms with Crippen LogP contribution in [0.25, 0.3) is 5.69 Å². The summed E-state index contributed by atoms with van der Waals surface area (Å²) < 4.78 is 1.13. The lowest BCUT2D eigenvalue weighted by Crippen LogP contribution is -2.05. The highest BCUT2D eigenvalue weighted by Crippen LogP contribution is 2.23. The summed E-state index contributed by atoms with van der Waals surface area (Å²) in [5.74, 6) is -0.0255. The van der Waals surface area contributed by atoms with Crippen LogP contribution >= 0.6 is 0 Å². The Kier molecular flexibility index (Phi) is 2.16. The topological polar surface area (TPSA) is 126 Å². The summed E-state index contributed by atoms with van der Waals surface area (Å²) in [4.78, 5) is 13.9. The number of para-hydroxylation sites is 2. The second-order valence-corrected chi connectivity index (χ2v) is 2.99. The summed E-state index contributed by atoms with van der Waals surface area (Å²) in [5, 5.41) is 14.6. The maximum atomic E-state index is 10.8. The number of benzene rings is 1. The molecule has 1 aromatic carbocycles. The quantitative estimate of drug-likeness (QED) is 0.555. The molecule has 0 unspecified atom stereocenters. The van der Waals surface area contributed by atoms with Crippen molar-refractivity contribution in [3.05, 3.63) is 34.4 Å². The Morgan fingerprint density at radius 2 is 2.00 bits per heavy atom. The van der Waals surface area contributed by atoms with Crippen LogP contribution in [0.3, 0.4) is 0 Å². The van der Waals surface area contributed by atoms with Gasteiger partial charge in [-0.3, -0.25) is 10.1 Å². The first-order chi connectivity index (χ1) is 7.59. The monoisotopic (exact) mass is 220 g/mol. The van der Waals surface area contributed by atoms with Crippen LogP contribution in [0.2, 0.25) is 0 Å². The lowest BCUT2D eigenvalue weighted by Gasteiger charge is -2.02. The zero-order chi connectivity index (χ0) is 11.7. The molecular weight excluding hydrogens is 212 g/mol. The van der Waals surface area contributed by atoms with Crippen molar-refractivity contribution in [2.75, 3.05) is 11.5 Å². The summed E-state index contributed by atoms with van der Waals surface area (Å²) in [6.07, 6.45) is 0. The van der Waals surface area contributed by atoms with Crippen LogP contribution in [-0.4, -0.2) is 19.7 Å². The molecule has 2 rings (SSSR count). The molecule has 1 aromatic heterocycles. The van der Waals surface area contributed by atoms with E-state index in [1.807, 2.05) is 0 Å². The molecule has 0 spiro atoms. The molecule has 1 heterocycles. The highest BCUT2D eigenvalue weighted by molar-refractivity contribution is 5.54. The van der Waals surface area contributed by atoms with Crippen molar-refractivity contribution in [1.82, 2.24) is 14.8 Å². The van der Waals surface area contributed by atoms with Gasteiger partial charge in [0.2, 0.25) is 11.9 Å². The van der Waals surface area contributed by atoms with E-state index in [-0.39, 0.29) is 23.3 Å². The van der Waals surface area contributed by atoms with Gasteiger partial charge in [-0.2, -0.15) is 9.67 Å². The maximum Gasteiger partial charge on any atom is 0.295 e. The van der Waals surface area contributed by atoms with Gasteiger partial charge >= 0.3 is 0 Å². The minimum Gasteiger partial charge on any atom is -0.368 e. The Balaban J connectivity index is 2.64. The second kappa shape index (κ2) is 3.50. The first-order valence-corrected chi connectivity index (χ1v) is 4.31. The van der Waals surface area contributed by atoms with Crippen molar-refractivity contribution in [3.63, 3.8) is 0 Å². The van der Waals surface area contributed by atoms with Gasteiger partial charge in [-0.25, -0.2) is 0 Å². The predicted octanol–water partition coefficient (Wildman–Crippen LogP) is 0.340. The van der Waals surface area contributed by atoms with Crippen molar-refractivity contribution < 1.29 is 4.92 Å². The van der Waals surface area contributed by atoms with Crippen LogP contribution in [0.5, 0.6) is 0 Å². The number of anilines is 2. The predicted molar refractivity (Wildman–Crippen MR) is 56.8 cm³/mol. The molecule has 0 fully saturated rings. The van der Waals surface area contributed by atoms with Crippen LogP contribution < -0.4 is 11.5 Å². The van der Waals surface area contributed by atoms with Crippen LogP contribution in [0.15, 0.2) is 24.3 Å². The molecule has 0 saturated carbocycles. The Bertz CT molecular complexity index is 549. The molecule has 16 heavy (non-hydrogen) atoms. The van der Waals surface area contributed by atoms with E-state index in [4.69, 9.17) is 11.5 Å². The summed E-state index contributed by atoms with van der Waals surface area (Å²) in [6, 6.07) is 6.06. The van der Waals surface area contributed by atoms with E-state index in [1.165, 1.54) is 12.1 Å². The minimum absolute atomic E-state index is 0.00630. The van der Waals surface area contributed by atoms with Gasteiger partial charge in [0.25, 0.3) is 5.69 Å². The van der Waals surface area contributed by atoms with Gasteiger partial charge in [0.05, 0.1) is 4.92 Å². The molecule has 0 atom stereocenters. The van der Waals surface area contributed by atoms with Crippen LogP contribution in [0.1, 0.15) is 0 Å². The van der Waals surface area contributed by atoms with E-state index < -0.39 is 4.92 Å². The Morgan fingerprint density at radius 3 is 2.56 bits per heavy atom. The largest absolute Gasteiger partial charge is 0.368 e. The zero-order valence-corrected chi connectivity index (χ0v) is 8.07. The number of nitrogens with zero attached hydrogens (tertiary/aromatic N) is 4. The molecule has 8 heteroatoms. The normalized spacial score (nSPS) is 10.2. The molecule has 0 saturated heterocycles. The van der Waals surface area contributed by atoms with E-state index in [1.54, 1.807) is 12.1 Å². The molecule has 0 aliphatic heterocycles. The van der Waals surface area contributed by atoms with E-state index >= 15 is 0 Å². The number of nitrogens with two attached hydrogens (primary N) is 2. The molecule has 0 aliphatic rings. The SMILES string of the molecule is Nc1nc(N)n(-c2ccccc2[N+](=O)[O-])n1. The van der Waals surface area contributed by atoms with Gasteiger partial charge < -0.3 is 11.5 Å². The van der Waals surface area contributed by atoms with Crippen molar-refractivity contribution >= 4 is 17.6 Å². The lowest BCUT2D eigenvalue weighted by atomic mass is 10.3. The van der Waals surface area contributed by atoms with Crippen molar-refractivity contribution in [2.24, 2.45) is 0 Å². The van der Waals surface area contributed by atoms with Crippen molar-refractivity contribution in [3.8, 4) is 5.69 Å². The van der Waals surface area contributed by atoms with Crippen molar-refractivity contribution in [1.29, 1.82) is 0 Å². The molecule has 8 nitrogen and oxygen atoms in total. The Morgan fingerprint density at radius 1 is 1.31 bits per heavy atom. The van der Waals surface area contributed by atoms with Gasteiger partial charge in [0, 0.05) is 6.07 Å². The third-order valence-corrected chi connectivity index (χ3v) is 1.96. The summed E-state index contributed by atoms with van der Waals surface area (Å²) >= 11 is 0. The number of nitro groups is 1. The lowest BCUT2D eigenvalue weighted by molar-refractivity contribution is -0.384. The Labute approximate surface area is 89.6 Å². The zero-order valence-electron chi connectivity index (χ0n) is 8.07. The second-order valence-electron chi connectivity index (χ2n) is 2.99. The number of aromatic nitrogens is 3. The van der Waals surface area contributed by atoms with E-state index in [2.05, 4.69) is 10.1 Å². The molecule has 82 valence electrons. The van der Waals surface area contributed by atoms with Crippen molar-refractivity contribution in [2.45, 2.75) is 0 Å². The number of hydrogen-bond acceptors (Lipinski definition) is 6.